The van der Waals surface area contributed by atoms with E-state index in [-0.39, 0.29) is 29.0 Å². The molecule has 2 aliphatic carbocycles. The summed E-state index contributed by atoms with van der Waals surface area (Å²) in [7, 11) is 0. The summed E-state index contributed by atoms with van der Waals surface area (Å²) in [5.41, 5.74) is 1.13. The molecule has 2 fully saturated rings. The molecule has 2 aliphatic rings. The second kappa shape index (κ2) is 4.97. The van der Waals surface area contributed by atoms with Crippen LogP contribution in [0.2, 0.25) is 0 Å². The monoisotopic (exact) mass is 299 g/mol. The lowest BCUT2D eigenvalue weighted by Crippen LogP contribution is -2.33. The maximum atomic E-state index is 13.0. The van der Waals surface area contributed by atoms with Gasteiger partial charge < -0.3 is 9.73 Å². The number of amides is 1. The lowest BCUT2D eigenvalue weighted by atomic mass is 9.96. The minimum Gasteiger partial charge on any atom is -0.469 e. The van der Waals surface area contributed by atoms with Gasteiger partial charge in [-0.15, -0.1) is 0 Å². The zero-order chi connectivity index (χ0) is 15.2. The van der Waals surface area contributed by atoms with Gasteiger partial charge in [0.1, 0.15) is 11.6 Å². The molecule has 2 aromatic rings. The van der Waals surface area contributed by atoms with E-state index in [0.29, 0.717) is 6.54 Å². The summed E-state index contributed by atoms with van der Waals surface area (Å²) >= 11 is 0. The molecule has 0 saturated heterocycles. The SMILES string of the molecule is O=C(NCC1(c2ccc(F)cc2)CC1)C1CC1c1ccco1. The van der Waals surface area contributed by atoms with Crippen molar-refractivity contribution in [1.82, 2.24) is 5.32 Å². The van der Waals surface area contributed by atoms with Crippen molar-refractivity contribution in [2.24, 2.45) is 5.92 Å². The highest BCUT2D eigenvalue weighted by Gasteiger charge is 2.48. The molecule has 0 radical (unpaired) electrons. The number of rotatable bonds is 5. The largest absolute Gasteiger partial charge is 0.469 e. The van der Waals surface area contributed by atoms with Crippen LogP contribution in [0, 0.1) is 11.7 Å². The van der Waals surface area contributed by atoms with Crippen molar-refractivity contribution in [3.63, 3.8) is 0 Å². The molecular weight excluding hydrogens is 281 g/mol. The quantitative estimate of drug-likeness (QED) is 0.919. The fraction of sp³-hybridized carbons (Fsp3) is 0.389. The number of hydrogen-bond acceptors (Lipinski definition) is 2. The third-order valence-corrected chi connectivity index (χ3v) is 4.95. The zero-order valence-corrected chi connectivity index (χ0v) is 12.2. The second-order valence-electron chi connectivity index (χ2n) is 6.47. The molecule has 1 heterocycles. The Balaban J connectivity index is 1.35. The second-order valence-corrected chi connectivity index (χ2v) is 6.47. The van der Waals surface area contributed by atoms with Crippen molar-refractivity contribution in [2.75, 3.05) is 6.54 Å². The van der Waals surface area contributed by atoms with Gasteiger partial charge in [0.2, 0.25) is 5.91 Å². The lowest BCUT2D eigenvalue weighted by molar-refractivity contribution is -0.122. The van der Waals surface area contributed by atoms with Crippen LogP contribution in [-0.4, -0.2) is 12.5 Å². The summed E-state index contributed by atoms with van der Waals surface area (Å²) in [6.45, 7) is 0.638. The number of carbonyl (C=O) groups excluding carboxylic acids is 1. The molecule has 2 saturated carbocycles. The van der Waals surface area contributed by atoms with Gasteiger partial charge in [0.25, 0.3) is 0 Å². The summed E-state index contributed by atoms with van der Waals surface area (Å²) in [4.78, 5) is 12.3. The van der Waals surface area contributed by atoms with E-state index in [4.69, 9.17) is 4.42 Å². The third kappa shape index (κ3) is 2.43. The minimum atomic E-state index is -0.220. The Labute approximate surface area is 128 Å². The highest BCUT2D eigenvalue weighted by atomic mass is 19.1. The Bertz CT molecular complexity index is 674. The van der Waals surface area contributed by atoms with E-state index in [2.05, 4.69) is 5.32 Å². The van der Waals surface area contributed by atoms with Gasteiger partial charge >= 0.3 is 0 Å². The number of halogens is 1. The van der Waals surface area contributed by atoms with E-state index in [0.717, 1.165) is 30.6 Å². The topological polar surface area (TPSA) is 42.2 Å². The molecule has 1 aromatic heterocycles. The average molecular weight is 299 g/mol. The number of hydrogen-bond donors (Lipinski definition) is 1. The molecule has 22 heavy (non-hydrogen) atoms. The highest BCUT2D eigenvalue weighted by molar-refractivity contribution is 5.82. The Morgan fingerprint density at radius 1 is 1.27 bits per heavy atom. The number of furan rings is 1. The summed E-state index contributed by atoms with van der Waals surface area (Å²) in [6, 6.07) is 10.4. The summed E-state index contributed by atoms with van der Waals surface area (Å²) in [5, 5.41) is 3.08. The van der Waals surface area contributed by atoms with E-state index in [1.165, 1.54) is 12.1 Å². The number of nitrogens with one attached hydrogen (secondary N) is 1. The van der Waals surface area contributed by atoms with Gasteiger partial charge in [-0.3, -0.25) is 4.79 Å². The van der Waals surface area contributed by atoms with E-state index in [1.807, 2.05) is 24.3 Å². The molecule has 0 bridgehead atoms. The smallest absolute Gasteiger partial charge is 0.223 e. The predicted octanol–water partition coefficient (Wildman–Crippen LogP) is 3.37. The van der Waals surface area contributed by atoms with Gasteiger partial charge in [0, 0.05) is 23.8 Å². The van der Waals surface area contributed by atoms with Crippen molar-refractivity contribution in [3.05, 3.63) is 59.8 Å². The van der Waals surface area contributed by atoms with Crippen LogP contribution in [0.1, 0.15) is 36.5 Å². The van der Waals surface area contributed by atoms with Crippen LogP contribution in [0.3, 0.4) is 0 Å². The molecule has 0 spiro atoms. The Kier molecular flexibility index (Phi) is 3.06. The van der Waals surface area contributed by atoms with E-state index in [1.54, 1.807) is 6.26 Å². The summed E-state index contributed by atoms with van der Waals surface area (Å²) < 4.78 is 18.4. The molecule has 4 rings (SSSR count). The Morgan fingerprint density at radius 2 is 2.05 bits per heavy atom. The van der Waals surface area contributed by atoms with E-state index in [9.17, 15) is 9.18 Å². The van der Waals surface area contributed by atoms with Crippen LogP contribution in [-0.2, 0) is 10.2 Å². The summed E-state index contributed by atoms with van der Waals surface area (Å²) in [5.74, 6) is 1.06. The van der Waals surface area contributed by atoms with Crippen molar-refractivity contribution >= 4 is 5.91 Å². The van der Waals surface area contributed by atoms with Crippen LogP contribution in [0.4, 0.5) is 4.39 Å². The lowest BCUT2D eigenvalue weighted by Gasteiger charge is -2.16. The predicted molar refractivity (Wildman–Crippen MR) is 79.9 cm³/mol. The zero-order valence-electron chi connectivity index (χ0n) is 12.2. The standard InChI is InChI=1S/C18H18FNO2/c19-13-5-3-12(4-6-13)18(7-8-18)11-20-17(21)15-10-14(15)16-2-1-9-22-16/h1-6,9,14-15H,7-8,10-11H2,(H,20,21). The maximum Gasteiger partial charge on any atom is 0.223 e. The van der Waals surface area contributed by atoms with Gasteiger partial charge in [0.15, 0.2) is 0 Å². The molecule has 0 aliphatic heterocycles. The number of carbonyl (C=O) groups is 1. The van der Waals surface area contributed by atoms with Gasteiger partial charge in [-0.25, -0.2) is 4.39 Å². The highest BCUT2D eigenvalue weighted by Crippen LogP contribution is 2.49. The summed E-state index contributed by atoms with van der Waals surface area (Å²) in [6.07, 6.45) is 4.61. The molecular formula is C18H18FNO2. The molecule has 2 unspecified atom stereocenters. The molecule has 4 heteroatoms. The molecule has 1 N–H and O–H groups in total. The van der Waals surface area contributed by atoms with Gasteiger partial charge in [-0.05, 0) is 49.1 Å². The Hall–Kier alpha value is -2.10. The molecule has 1 aromatic carbocycles. The minimum absolute atomic E-state index is 0.0123. The van der Waals surface area contributed by atoms with E-state index < -0.39 is 0 Å². The van der Waals surface area contributed by atoms with Crippen LogP contribution < -0.4 is 5.32 Å². The van der Waals surface area contributed by atoms with Gasteiger partial charge in [-0.1, -0.05) is 12.1 Å². The normalized spacial score (nSPS) is 24.8. The first kappa shape index (κ1) is 13.6. The molecule has 2 atom stereocenters. The van der Waals surface area contributed by atoms with Crippen molar-refractivity contribution < 1.29 is 13.6 Å². The number of benzene rings is 1. The van der Waals surface area contributed by atoms with Crippen molar-refractivity contribution in [2.45, 2.75) is 30.6 Å². The molecule has 1 amide bonds. The maximum absolute atomic E-state index is 13.0. The third-order valence-electron chi connectivity index (χ3n) is 4.95. The fourth-order valence-corrected chi connectivity index (χ4v) is 3.21. The van der Waals surface area contributed by atoms with E-state index >= 15 is 0 Å². The first-order valence-electron chi connectivity index (χ1n) is 7.75. The Morgan fingerprint density at radius 3 is 2.68 bits per heavy atom. The van der Waals surface area contributed by atoms with Crippen LogP contribution in [0.5, 0.6) is 0 Å². The first-order chi connectivity index (χ1) is 10.7. The van der Waals surface area contributed by atoms with Gasteiger partial charge in [-0.2, -0.15) is 0 Å². The molecule has 3 nitrogen and oxygen atoms in total. The van der Waals surface area contributed by atoms with Crippen LogP contribution >= 0.6 is 0 Å². The molecule has 114 valence electrons. The fourth-order valence-electron chi connectivity index (χ4n) is 3.21. The van der Waals surface area contributed by atoms with Crippen molar-refractivity contribution in [3.8, 4) is 0 Å². The van der Waals surface area contributed by atoms with Gasteiger partial charge in [0.05, 0.1) is 6.26 Å². The van der Waals surface area contributed by atoms with Crippen molar-refractivity contribution in [1.29, 1.82) is 0 Å². The van der Waals surface area contributed by atoms with Crippen LogP contribution in [0.15, 0.2) is 47.1 Å². The first-order valence-corrected chi connectivity index (χ1v) is 7.75. The van der Waals surface area contributed by atoms with Crippen LogP contribution in [0.25, 0.3) is 0 Å². The average Bonchev–Trinajstić information content (AvgIpc) is 3.44.